The molecule has 154 valence electrons. The molecule has 0 aliphatic carbocycles. The monoisotopic (exact) mass is 423 g/mol. The fraction of sp³-hybridized carbons (Fsp3) is 0.227. The molecular formula is C22H22ClN5O2. The largest absolute Gasteiger partial charge is 0.463 e. The smallest absolute Gasteiger partial charge is 0.271 e. The van der Waals surface area contributed by atoms with E-state index in [1.54, 1.807) is 35.2 Å². The van der Waals surface area contributed by atoms with Crippen LogP contribution in [0.15, 0.2) is 59.2 Å². The Morgan fingerprint density at radius 1 is 1.13 bits per heavy atom. The first-order valence-corrected chi connectivity index (χ1v) is 10.1. The molecule has 7 nitrogen and oxygen atoms in total. The topological polar surface area (TPSA) is 77.9 Å². The number of hydrogen-bond acceptors (Lipinski definition) is 4. The molecule has 0 fully saturated rings. The van der Waals surface area contributed by atoms with Crippen LogP contribution in [0.4, 0.5) is 0 Å². The van der Waals surface area contributed by atoms with Gasteiger partial charge in [-0.15, -0.1) is 0 Å². The first-order chi connectivity index (χ1) is 14.5. The van der Waals surface area contributed by atoms with Crippen LogP contribution in [0.3, 0.4) is 0 Å². The van der Waals surface area contributed by atoms with Gasteiger partial charge in [0.2, 0.25) is 0 Å². The Balaban J connectivity index is 1.49. The Bertz CT molecular complexity index is 1160. The Hall–Kier alpha value is -3.32. The lowest BCUT2D eigenvalue weighted by molar-refractivity contribution is 0.0947. The van der Waals surface area contributed by atoms with Crippen LogP contribution in [0.25, 0.3) is 17.1 Å². The van der Waals surface area contributed by atoms with Crippen molar-refractivity contribution < 1.29 is 9.21 Å². The first kappa shape index (κ1) is 20.0. The minimum Gasteiger partial charge on any atom is -0.463 e. The average Bonchev–Trinajstić information content (AvgIpc) is 3.45. The summed E-state index contributed by atoms with van der Waals surface area (Å²) in [5.74, 6) is 0.378. The fourth-order valence-electron chi connectivity index (χ4n) is 3.32. The van der Waals surface area contributed by atoms with Crippen molar-refractivity contribution in [3.8, 4) is 17.1 Å². The van der Waals surface area contributed by atoms with Crippen molar-refractivity contribution in [3.63, 3.8) is 0 Å². The summed E-state index contributed by atoms with van der Waals surface area (Å²) in [4.78, 5) is 12.7. The van der Waals surface area contributed by atoms with Crippen LogP contribution in [0.2, 0.25) is 5.02 Å². The van der Waals surface area contributed by atoms with Crippen LogP contribution in [-0.2, 0) is 6.54 Å². The maximum Gasteiger partial charge on any atom is 0.271 e. The lowest BCUT2D eigenvalue weighted by atomic mass is 10.2. The lowest BCUT2D eigenvalue weighted by Gasteiger charge is -2.06. The second-order valence-electron chi connectivity index (χ2n) is 7.04. The van der Waals surface area contributed by atoms with Crippen LogP contribution in [0.1, 0.15) is 28.3 Å². The molecule has 0 atom stereocenters. The molecule has 1 N–H and O–H groups in total. The van der Waals surface area contributed by atoms with Gasteiger partial charge in [-0.3, -0.25) is 9.48 Å². The average molecular weight is 424 g/mol. The first-order valence-electron chi connectivity index (χ1n) is 9.70. The summed E-state index contributed by atoms with van der Waals surface area (Å²) < 4.78 is 9.14. The number of rotatable bonds is 7. The standard InChI is InChI=1S/C22H22ClN5O2/c1-15-12-16(2)27(25-15)10-5-9-24-22(29)19-14-20(21-8-4-11-30-21)28(26-19)18-7-3-6-17(23)13-18/h3-4,6-8,11-14H,5,9-10H2,1-2H3,(H,24,29). The highest BCUT2D eigenvalue weighted by atomic mass is 35.5. The SMILES string of the molecule is Cc1cc(C)n(CCCNC(=O)c2cc(-c3ccco3)n(-c3cccc(Cl)c3)n2)n1. The zero-order chi connectivity index (χ0) is 21.1. The van der Waals surface area contributed by atoms with Crippen LogP contribution < -0.4 is 5.32 Å². The molecule has 0 saturated carbocycles. The van der Waals surface area contributed by atoms with E-state index < -0.39 is 0 Å². The fourth-order valence-corrected chi connectivity index (χ4v) is 3.50. The molecule has 0 spiro atoms. The molecule has 3 heterocycles. The molecule has 0 bridgehead atoms. The number of carbonyl (C=O) groups is 1. The molecule has 4 aromatic rings. The van der Waals surface area contributed by atoms with Gasteiger partial charge in [-0.05, 0) is 56.7 Å². The third-order valence-electron chi connectivity index (χ3n) is 4.70. The number of hydrogen-bond donors (Lipinski definition) is 1. The van der Waals surface area contributed by atoms with Gasteiger partial charge in [-0.25, -0.2) is 4.68 Å². The van der Waals surface area contributed by atoms with E-state index >= 15 is 0 Å². The van der Waals surface area contributed by atoms with Crippen molar-refractivity contribution in [1.29, 1.82) is 0 Å². The highest BCUT2D eigenvalue weighted by Gasteiger charge is 2.18. The van der Waals surface area contributed by atoms with Crippen molar-refractivity contribution in [2.45, 2.75) is 26.8 Å². The number of nitrogens with zero attached hydrogens (tertiary/aromatic N) is 4. The zero-order valence-electron chi connectivity index (χ0n) is 16.8. The molecule has 0 aliphatic heterocycles. The van der Waals surface area contributed by atoms with Gasteiger partial charge < -0.3 is 9.73 Å². The van der Waals surface area contributed by atoms with Gasteiger partial charge in [0.05, 0.1) is 17.6 Å². The highest BCUT2D eigenvalue weighted by molar-refractivity contribution is 6.30. The van der Waals surface area contributed by atoms with Crippen molar-refractivity contribution in [2.24, 2.45) is 0 Å². The maximum atomic E-state index is 12.7. The summed E-state index contributed by atoms with van der Waals surface area (Å²) in [5, 5.41) is 12.5. The molecule has 0 aliphatic rings. The minimum absolute atomic E-state index is 0.239. The molecule has 30 heavy (non-hydrogen) atoms. The zero-order valence-corrected chi connectivity index (χ0v) is 17.6. The van der Waals surface area contributed by atoms with E-state index in [2.05, 4.69) is 15.5 Å². The van der Waals surface area contributed by atoms with Gasteiger partial charge in [0.25, 0.3) is 5.91 Å². The summed E-state index contributed by atoms with van der Waals surface area (Å²) in [7, 11) is 0. The van der Waals surface area contributed by atoms with E-state index in [9.17, 15) is 4.79 Å². The predicted molar refractivity (Wildman–Crippen MR) is 115 cm³/mol. The van der Waals surface area contributed by atoms with E-state index in [1.807, 2.05) is 42.8 Å². The third kappa shape index (κ3) is 4.31. The van der Waals surface area contributed by atoms with Crippen LogP contribution in [-0.4, -0.2) is 32.0 Å². The number of benzene rings is 1. The number of aryl methyl sites for hydroxylation is 3. The molecule has 0 saturated heterocycles. The van der Waals surface area contributed by atoms with E-state index in [0.29, 0.717) is 28.7 Å². The summed E-state index contributed by atoms with van der Waals surface area (Å²) in [6.45, 7) is 5.27. The van der Waals surface area contributed by atoms with Gasteiger partial charge in [-0.2, -0.15) is 10.2 Å². The van der Waals surface area contributed by atoms with Gasteiger partial charge in [0.15, 0.2) is 11.5 Å². The third-order valence-corrected chi connectivity index (χ3v) is 4.94. The quantitative estimate of drug-likeness (QED) is 0.446. The number of amides is 1. The maximum absolute atomic E-state index is 12.7. The molecule has 8 heteroatoms. The molecule has 0 unspecified atom stereocenters. The second kappa shape index (κ2) is 8.59. The molecular weight excluding hydrogens is 402 g/mol. The van der Waals surface area contributed by atoms with Crippen molar-refractivity contribution >= 4 is 17.5 Å². The molecule has 1 aromatic carbocycles. The summed E-state index contributed by atoms with van der Waals surface area (Å²) in [6, 6.07) is 14.7. The van der Waals surface area contributed by atoms with Gasteiger partial charge in [-0.1, -0.05) is 17.7 Å². The van der Waals surface area contributed by atoms with Crippen LogP contribution in [0, 0.1) is 13.8 Å². The summed E-state index contributed by atoms with van der Waals surface area (Å²) in [6.07, 6.45) is 2.36. The van der Waals surface area contributed by atoms with E-state index in [0.717, 1.165) is 30.0 Å². The van der Waals surface area contributed by atoms with E-state index in [4.69, 9.17) is 16.0 Å². The number of furan rings is 1. The summed E-state index contributed by atoms with van der Waals surface area (Å²) in [5.41, 5.74) is 3.84. The van der Waals surface area contributed by atoms with Gasteiger partial charge in [0, 0.05) is 29.9 Å². The highest BCUT2D eigenvalue weighted by Crippen LogP contribution is 2.25. The summed E-state index contributed by atoms with van der Waals surface area (Å²) >= 11 is 6.14. The minimum atomic E-state index is -0.239. The van der Waals surface area contributed by atoms with E-state index in [-0.39, 0.29) is 5.91 Å². The molecule has 0 radical (unpaired) electrons. The Labute approximate surface area is 179 Å². The Morgan fingerprint density at radius 2 is 2.00 bits per heavy atom. The molecule has 3 aromatic heterocycles. The lowest BCUT2D eigenvalue weighted by Crippen LogP contribution is -2.26. The number of nitrogens with one attached hydrogen (secondary N) is 1. The molecule has 4 rings (SSSR count). The second-order valence-corrected chi connectivity index (χ2v) is 7.48. The van der Waals surface area contributed by atoms with Crippen LogP contribution in [0.5, 0.6) is 0 Å². The van der Waals surface area contributed by atoms with Crippen molar-refractivity contribution in [2.75, 3.05) is 6.54 Å². The number of aromatic nitrogens is 4. The van der Waals surface area contributed by atoms with E-state index in [1.165, 1.54) is 0 Å². The Kier molecular flexibility index (Phi) is 5.72. The Morgan fingerprint density at radius 3 is 2.70 bits per heavy atom. The van der Waals surface area contributed by atoms with Gasteiger partial charge >= 0.3 is 0 Å². The van der Waals surface area contributed by atoms with Crippen LogP contribution >= 0.6 is 11.6 Å². The van der Waals surface area contributed by atoms with Crippen molar-refractivity contribution in [3.05, 3.63) is 76.9 Å². The predicted octanol–water partition coefficient (Wildman–Crippen LogP) is 4.42. The number of halogens is 1. The normalized spacial score (nSPS) is 11.0. The number of carbonyl (C=O) groups excluding carboxylic acids is 1. The van der Waals surface area contributed by atoms with Gasteiger partial charge in [0.1, 0.15) is 5.69 Å². The van der Waals surface area contributed by atoms with Crippen molar-refractivity contribution in [1.82, 2.24) is 24.9 Å². The molecule has 1 amide bonds.